The van der Waals surface area contributed by atoms with E-state index in [0.29, 0.717) is 12.5 Å². The Bertz CT molecular complexity index is 250. The highest BCUT2D eigenvalue weighted by molar-refractivity contribution is 5.78. The van der Waals surface area contributed by atoms with Crippen molar-refractivity contribution in [1.82, 2.24) is 9.80 Å². The first kappa shape index (κ1) is 12.8. The molecule has 0 radical (unpaired) electrons. The van der Waals surface area contributed by atoms with E-state index in [0.717, 1.165) is 45.4 Å². The lowest BCUT2D eigenvalue weighted by Crippen LogP contribution is -2.40. The Morgan fingerprint density at radius 1 is 1.12 bits per heavy atom. The molecule has 2 fully saturated rings. The molecule has 4 nitrogen and oxygen atoms in total. The Morgan fingerprint density at radius 2 is 1.82 bits per heavy atom. The third kappa shape index (κ3) is 3.68. The molecule has 2 aliphatic rings. The fourth-order valence-electron chi connectivity index (χ4n) is 2.82. The molecule has 0 unspecified atom stereocenters. The van der Waals surface area contributed by atoms with Crippen LogP contribution >= 0.6 is 0 Å². The lowest BCUT2D eigenvalue weighted by atomic mass is 10.1. The summed E-state index contributed by atoms with van der Waals surface area (Å²) in [7, 11) is 0. The van der Waals surface area contributed by atoms with Crippen LogP contribution in [0.1, 0.15) is 32.1 Å². The van der Waals surface area contributed by atoms with Gasteiger partial charge in [-0.15, -0.1) is 0 Å². The first-order valence-electron chi connectivity index (χ1n) is 6.90. The quantitative estimate of drug-likeness (QED) is 0.790. The van der Waals surface area contributed by atoms with Crippen LogP contribution in [-0.2, 0) is 4.79 Å². The van der Waals surface area contributed by atoms with E-state index in [1.807, 2.05) is 4.90 Å². The summed E-state index contributed by atoms with van der Waals surface area (Å²) in [6.07, 6.45) is 5.87. The molecule has 2 rings (SSSR count). The van der Waals surface area contributed by atoms with E-state index in [1.54, 1.807) is 0 Å². The number of amides is 1. The van der Waals surface area contributed by atoms with Gasteiger partial charge >= 0.3 is 0 Å². The van der Waals surface area contributed by atoms with Gasteiger partial charge in [-0.2, -0.15) is 0 Å². The van der Waals surface area contributed by atoms with Gasteiger partial charge in [-0.25, -0.2) is 0 Å². The molecule has 2 saturated heterocycles. The van der Waals surface area contributed by atoms with Gasteiger partial charge in [0.05, 0.1) is 6.54 Å². The molecule has 0 aromatic rings. The second kappa shape index (κ2) is 6.36. The summed E-state index contributed by atoms with van der Waals surface area (Å²) in [5.74, 6) is 0.664. The molecular weight excluding hydrogens is 216 g/mol. The fourth-order valence-corrected chi connectivity index (χ4v) is 2.82. The van der Waals surface area contributed by atoms with Crippen molar-refractivity contribution in [3.05, 3.63) is 0 Å². The van der Waals surface area contributed by atoms with Crippen molar-refractivity contribution in [2.24, 2.45) is 5.92 Å². The lowest BCUT2D eigenvalue weighted by Gasteiger charge is -2.23. The number of hydrogen-bond donors (Lipinski definition) is 1. The molecule has 17 heavy (non-hydrogen) atoms. The van der Waals surface area contributed by atoms with Crippen LogP contribution in [-0.4, -0.2) is 60.1 Å². The van der Waals surface area contributed by atoms with Crippen molar-refractivity contribution in [3.63, 3.8) is 0 Å². The summed E-state index contributed by atoms with van der Waals surface area (Å²) in [5.41, 5.74) is 0. The highest BCUT2D eigenvalue weighted by atomic mass is 16.3. The SMILES string of the molecule is O=C(CN1CC[C@@H](CO)C1)N1CCCCCC1. The van der Waals surface area contributed by atoms with E-state index >= 15 is 0 Å². The van der Waals surface area contributed by atoms with E-state index in [2.05, 4.69) is 4.90 Å². The second-order valence-electron chi connectivity index (χ2n) is 5.37. The van der Waals surface area contributed by atoms with Crippen molar-refractivity contribution < 1.29 is 9.90 Å². The molecule has 0 saturated carbocycles. The van der Waals surface area contributed by atoms with E-state index in [9.17, 15) is 4.79 Å². The van der Waals surface area contributed by atoms with Gasteiger partial charge in [0.15, 0.2) is 0 Å². The zero-order chi connectivity index (χ0) is 12.1. The van der Waals surface area contributed by atoms with Crippen molar-refractivity contribution >= 4 is 5.91 Å². The number of rotatable bonds is 3. The van der Waals surface area contributed by atoms with Gasteiger partial charge in [-0.3, -0.25) is 9.69 Å². The largest absolute Gasteiger partial charge is 0.396 e. The summed E-state index contributed by atoms with van der Waals surface area (Å²) in [6.45, 7) is 4.54. The minimum atomic E-state index is 0.258. The van der Waals surface area contributed by atoms with Crippen LogP contribution < -0.4 is 0 Å². The molecule has 2 aliphatic heterocycles. The minimum absolute atomic E-state index is 0.258. The third-order valence-corrected chi connectivity index (χ3v) is 3.95. The number of carbonyl (C=O) groups excluding carboxylic acids is 1. The van der Waals surface area contributed by atoms with Gasteiger partial charge in [0, 0.05) is 26.2 Å². The zero-order valence-corrected chi connectivity index (χ0v) is 10.6. The number of hydrogen-bond acceptors (Lipinski definition) is 3. The molecule has 1 amide bonds. The predicted octanol–water partition coefficient (Wildman–Crippen LogP) is 0.703. The average Bonchev–Trinajstić information content (AvgIpc) is 2.62. The van der Waals surface area contributed by atoms with Crippen LogP contribution in [0.2, 0.25) is 0 Å². The van der Waals surface area contributed by atoms with E-state index < -0.39 is 0 Å². The van der Waals surface area contributed by atoms with Crippen LogP contribution in [0.4, 0.5) is 0 Å². The van der Waals surface area contributed by atoms with E-state index in [4.69, 9.17) is 5.11 Å². The summed E-state index contributed by atoms with van der Waals surface area (Å²) in [4.78, 5) is 16.3. The zero-order valence-electron chi connectivity index (χ0n) is 10.6. The molecule has 1 N–H and O–H groups in total. The molecule has 0 spiro atoms. The Labute approximate surface area is 104 Å². The monoisotopic (exact) mass is 240 g/mol. The van der Waals surface area contributed by atoms with Crippen LogP contribution in [0.15, 0.2) is 0 Å². The molecule has 0 aliphatic carbocycles. The summed E-state index contributed by atoms with van der Waals surface area (Å²) in [5, 5.41) is 9.08. The van der Waals surface area contributed by atoms with Gasteiger partial charge in [0.1, 0.15) is 0 Å². The normalized spacial score (nSPS) is 27.1. The number of aliphatic hydroxyl groups is 1. The molecule has 0 bridgehead atoms. The van der Waals surface area contributed by atoms with Gasteiger partial charge in [-0.1, -0.05) is 12.8 Å². The molecule has 98 valence electrons. The minimum Gasteiger partial charge on any atom is -0.396 e. The van der Waals surface area contributed by atoms with Crippen LogP contribution in [0.25, 0.3) is 0 Å². The Balaban J connectivity index is 1.76. The lowest BCUT2D eigenvalue weighted by molar-refractivity contribution is -0.132. The standard InChI is InChI=1S/C13H24N2O2/c16-11-12-5-8-14(9-12)10-13(17)15-6-3-1-2-4-7-15/h12,16H,1-11H2/t12-/m1/s1. The molecule has 1 atom stereocenters. The molecule has 4 heteroatoms. The summed E-state index contributed by atoms with van der Waals surface area (Å²) >= 11 is 0. The van der Waals surface area contributed by atoms with Crippen LogP contribution in [0.5, 0.6) is 0 Å². The van der Waals surface area contributed by atoms with E-state index in [1.165, 1.54) is 12.8 Å². The maximum Gasteiger partial charge on any atom is 0.236 e. The predicted molar refractivity (Wildman–Crippen MR) is 66.7 cm³/mol. The molecule has 0 aromatic carbocycles. The van der Waals surface area contributed by atoms with Gasteiger partial charge < -0.3 is 10.0 Å². The van der Waals surface area contributed by atoms with Crippen molar-refractivity contribution in [1.29, 1.82) is 0 Å². The number of carbonyl (C=O) groups is 1. The number of likely N-dealkylation sites (tertiary alicyclic amines) is 2. The number of aliphatic hydroxyl groups excluding tert-OH is 1. The molecule has 0 aromatic heterocycles. The highest BCUT2D eigenvalue weighted by Crippen LogP contribution is 2.16. The molecule has 2 heterocycles. The first-order valence-corrected chi connectivity index (χ1v) is 6.90. The maximum absolute atomic E-state index is 12.1. The topological polar surface area (TPSA) is 43.8 Å². The Morgan fingerprint density at radius 3 is 2.41 bits per heavy atom. The van der Waals surface area contributed by atoms with Crippen molar-refractivity contribution in [2.45, 2.75) is 32.1 Å². The van der Waals surface area contributed by atoms with Gasteiger partial charge in [-0.05, 0) is 31.7 Å². The van der Waals surface area contributed by atoms with Crippen molar-refractivity contribution in [3.8, 4) is 0 Å². The molecular formula is C13H24N2O2. The average molecular weight is 240 g/mol. The van der Waals surface area contributed by atoms with Crippen LogP contribution in [0, 0.1) is 5.92 Å². The fraction of sp³-hybridized carbons (Fsp3) is 0.923. The Hall–Kier alpha value is -0.610. The summed E-state index contributed by atoms with van der Waals surface area (Å²) in [6, 6.07) is 0. The maximum atomic E-state index is 12.1. The second-order valence-corrected chi connectivity index (χ2v) is 5.37. The number of nitrogens with zero attached hydrogens (tertiary/aromatic N) is 2. The highest BCUT2D eigenvalue weighted by Gasteiger charge is 2.25. The summed E-state index contributed by atoms with van der Waals surface area (Å²) < 4.78 is 0. The van der Waals surface area contributed by atoms with Gasteiger partial charge in [0.25, 0.3) is 0 Å². The Kier molecular flexibility index (Phi) is 4.80. The van der Waals surface area contributed by atoms with Gasteiger partial charge in [0.2, 0.25) is 5.91 Å². The van der Waals surface area contributed by atoms with Crippen molar-refractivity contribution in [2.75, 3.05) is 39.3 Å². The third-order valence-electron chi connectivity index (χ3n) is 3.95. The van der Waals surface area contributed by atoms with Crippen LogP contribution in [0.3, 0.4) is 0 Å². The smallest absolute Gasteiger partial charge is 0.236 e. The first-order chi connectivity index (χ1) is 8.29. The van der Waals surface area contributed by atoms with E-state index in [-0.39, 0.29) is 12.5 Å².